The van der Waals surface area contributed by atoms with Gasteiger partial charge in [0.1, 0.15) is 0 Å². The molecule has 1 aliphatic heterocycles. The first-order chi connectivity index (χ1) is 15.6. The number of aryl methyl sites for hydroxylation is 2. The molecule has 2 heterocycles. The molecule has 5 nitrogen and oxygen atoms in total. The van der Waals surface area contributed by atoms with E-state index in [2.05, 4.69) is 82.4 Å². The van der Waals surface area contributed by atoms with E-state index < -0.39 is 0 Å². The number of rotatable bonds is 9. The Labute approximate surface area is 192 Å². The molecule has 0 aliphatic carbocycles. The average Bonchev–Trinajstić information content (AvgIpc) is 3.29. The standard InChI is InChI=1S/C27H36N4O/c1-22-10-9-14-26(23(22)2)30-19-18-28-20-27(30,21-32-3)16-8-7-13-25-15-17-29-31(25)24-11-5-4-6-12-24/h4-6,9-12,14-15,17,28H,7-8,13,16,18-21H2,1-3H3. The van der Waals surface area contributed by atoms with Gasteiger partial charge in [-0.05, 0) is 68.5 Å². The van der Waals surface area contributed by atoms with Crippen LogP contribution in [-0.4, -0.2) is 48.7 Å². The lowest BCUT2D eigenvalue weighted by Gasteiger charge is -2.49. The minimum Gasteiger partial charge on any atom is -0.382 e. The highest BCUT2D eigenvalue weighted by molar-refractivity contribution is 5.58. The van der Waals surface area contributed by atoms with Gasteiger partial charge < -0.3 is 15.0 Å². The van der Waals surface area contributed by atoms with Crippen molar-refractivity contribution in [1.29, 1.82) is 0 Å². The van der Waals surface area contributed by atoms with Crippen molar-refractivity contribution in [3.63, 3.8) is 0 Å². The first kappa shape index (κ1) is 22.6. The van der Waals surface area contributed by atoms with Crippen LogP contribution < -0.4 is 10.2 Å². The third kappa shape index (κ3) is 4.74. The molecule has 1 N–H and O–H groups in total. The van der Waals surface area contributed by atoms with Crippen molar-refractivity contribution < 1.29 is 4.74 Å². The molecular weight excluding hydrogens is 396 g/mol. The SMILES string of the molecule is COCC1(CCCCc2ccnn2-c2ccccc2)CNCCN1c1cccc(C)c1C. The zero-order chi connectivity index (χ0) is 22.4. The molecule has 1 atom stereocenters. The molecule has 0 spiro atoms. The molecule has 0 radical (unpaired) electrons. The van der Waals surface area contributed by atoms with Gasteiger partial charge >= 0.3 is 0 Å². The summed E-state index contributed by atoms with van der Waals surface area (Å²) >= 11 is 0. The number of nitrogens with zero attached hydrogens (tertiary/aromatic N) is 3. The topological polar surface area (TPSA) is 42.3 Å². The van der Waals surface area contributed by atoms with E-state index in [1.807, 2.05) is 19.4 Å². The van der Waals surface area contributed by atoms with E-state index >= 15 is 0 Å². The van der Waals surface area contributed by atoms with Crippen LogP contribution in [0.3, 0.4) is 0 Å². The number of methoxy groups -OCH3 is 1. The number of hydrogen-bond donors (Lipinski definition) is 1. The van der Waals surface area contributed by atoms with Gasteiger partial charge in [0.25, 0.3) is 0 Å². The van der Waals surface area contributed by atoms with Crippen molar-refractivity contribution in [3.05, 3.63) is 77.6 Å². The second kappa shape index (κ2) is 10.3. The summed E-state index contributed by atoms with van der Waals surface area (Å²) in [6.07, 6.45) is 6.30. The number of aromatic nitrogens is 2. The largest absolute Gasteiger partial charge is 0.382 e. The molecule has 1 fully saturated rings. The van der Waals surface area contributed by atoms with Gasteiger partial charge in [-0.3, -0.25) is 0 Å². The number of anilines is 1. The van der Waals surface area contributed by atoms with Gasteiger partial charge in [-0.1, -0.05) is 36.8 Å². The maximum Gasteiger partial charge on any atom is 0.0759 e. The predicted octanol–water partition coefficient (Wildman–Crippen LogP) is 4.70. The Kier molecular flexibility index (Phi) is 7.28. The molecule has 1 aliphatic rings. The van der Waals surface area contributed by atoms with Gasteiger partial charge in [0.05, 0.1) is 17.8 Å². The Morgan fingerprint density at radius 1 is 1.03 bits per heavy atom. The molecule has 32 heavy (non-hydrogen) atoms. The summed E-state index contributed by atoms with van der Waals surface area (Å²) in [5.74, 6) is 0. The van der Waals surface area contributed by atoms with Crippen LogP contribution in [0.4, 0.5) is 5.69 Å². The van der Waals surface area contributed by atoms with E-state index in [1.54, 1.807) is 0 Å². The molecule has 1 aromatic heterocycles. The minimum atomic E-state index is -0.0226. The zero-order valence-electron chi connectivity index (χ0n) is 19.7. The zero-order valence-corrected chi connectivity index (χ0v) is 19.7. The first-order valence-corrected chi connectivity index (χ1v) is 11.8. The molecule has 3 aromatic rings. The molecule has 0 amide bonds. The molecular formula is C27H36N4O. The monoisotopic (exact) mass is 432 g/mol. The number of nitrogens with one attached hydrogen (secondary N) is 1. The van der Waals surface area contributed by atoms with E-state index in [1.165, 1.54) is 22.5 Å². The maximum atomic E-state index is 5.79. The Balaban J connectivity index is 1.46. The molecule has 4 rings (SSSR count). The van der Waals surface area contributed by atoms with Crippen molar-refractivity contribution in [2.45, 2.75) is 45.1 Å². The summed E-state index contributed by atoms with van der Waals surface area (Å²) in [5.41, 5.74) is 6.45. The van der Waals surface area contributed by atoms with Gasteiger partial charge in [0.15, 0.2) is 0 Å². The maximum absolute atomic E-state index is 5.79. The number of benzene rings is 2. The van der Waals surface area contributed by atoms with Crippen LogP contribution >= 0.6 is 0 Å². The Morgan fingerprint density at radius 2 is 1.88 bits per heavy atom. The number of unbranched alkanes of at least 4 members (excludes halogenated alkanes) is 1. The molecule has 0 bridgehead atoms. The van der Waals surface area contributed by atoms with Crippen LogP contribution in [0.15, 0.2) is 60.8 Å². The fraction of sp³-hybridized carbons (Fsp3) is 0.444. The van der Waals surface area contributed by atoms with Crippen LogP contribution in [0.5, 0.6) is 0 Å². The third-order valence-electron chi connectivity index (χ3n) is 6.87. The second-order valence-corrected chi connectivity index (χ2v) is 8.98. The van der Waals surface area contributed by atoms with Gasteiger partial charge in [-0.15, -0.1) is 0 Å². The number of piperazine rings is 1. The van der Waals surface area contributed by atoms with Crippen LogP contribution in [0.1, 0.15) is 36.1 Å². The van der Waals surface area contributed by atoms with Crippen LogP contribution in [0.25, 0.3) is 5.69 Å². The Hall–Kier alpha value is -2.63. The summed E-state index contributed by atoms with van der Waals surface area (Å²) in [5, 5.41) is 8.19. The Morgan fingerprint density at radius 3 is 2.69 bits per heavy atom. The van der Waals surface area contributed by atoms with Gasteiger partial charge in [0.2, 0.25) is 0 Å². The van der Waals surface area contributed by atoms with Crippen molar-refractivity contribution in [2.75, 3.05) is 38.3 Å². The van der Waals surface area contributed by atoms with Crippen LogP contribution in [0, 0.1) is 13.8 Å². The molecule has 170 valence electrons. The fourth-order valence-electron chi connectivity index (χ4n) is 5.02. The highest BCUT2D eigenvalue weighted by atomic mass is 16.5. The fourth-order valence-corrected chi connectivity index (χ4v) is 5.02. The lowest BCUT2D eigenvalue weighted by Crippen LogP contribution is -2.64. The second-order valence-electron chi connectivity index (χ2n) is 8.98. The quantitative estimate of drug-likeness (QED) is 0.498. The molecule has 0 saturated carbocycles. The average molecular weight is 433 g/mol. The van der Waals surface area contributed by atoms with Gasteiger partial charge in [-0.25, -0.2) is 4.68 Å². The number of para-hydroxylation sites is 1. The van der Waals surface area contributed by atoms with Crippen molar-refractivity contribution in [3.8, 4) is 5.69 Å². The van der Waals surface area contributed by atoms with E-state index in [0.29, 0.717) is 0 Å². The molecule has 1 saturated heterocycles. The van der Waals surface area contributed by atoms with Crippen LogP contribution in [0.2, 0.25) is 0 Å². The summed E-state index contributed by atoms with van der Waals surface area (Å²) in [6.45, 7) is 8.15. The summed E-state index contributed by atoms with van der Waals surface area (Å²) in [7, 11) is 1.83. The normalized spacial score (nSPS) is 18.8. The van der Waals surface area contributed by atoms with Crippen molar-refractivity contribution in [2.24, 2.45) is 0 Å². The number of hydrogen-bond acceptors (Lipinski definition) is 4. The smallest absolute Gasteiger partial charge is 0.0759 e. The van der Waals surface area contributed by atoms with Crippen molar-refractivity contribution in [1.82, 2.24) is 15.1 Å². The predicted molar refractivity (Wildman–Crippen MR) is 132 cm³/mol. The first-order valence-electron chi connectivity index (χ1n) is 11.8. The summed E-state index contributed by atoms with van der Waals surface area (Å²) in [4.78, 5) is 2.61. The number of ether oxygens (including phenoxy) is 1. The molecule has 5 heteroatoms. The van der Waals surface area contributed by atoms with Gasteiger partial charge in [0, 0.05) is 44.3 Å². The lowest BCUT2D eigenvalue weighted by molar-refractivity contribution is 0.110. The summed E-state index contributed by atoms with van der Waals surface area (Å²) < 4.78 is 7.86. The van der Waals surface area contributed by atoms with E-state index in [9.17, 15) is 0 Å². The van der Waals surface area contributed by atoms with E-state index in [0.717, 1.165) is 57.6 Å². The van der Waals surface area contributed by atoms with Crippen LogP contribution in [-0.2, 0) is 11.2 Å². The highest BCUT2D eigenvalue weighted by Gasteiger charge is 2.39. The van der Waals surface area contributed by atoms with E-state index in [4.69, 9.17) is 4.74 Å². The van der Waals surface area contributed by atoms with Gasteiger partial charge in [-0.2, -0.15) is 5.10 Å². The minimum absolute atomic E-state index is 0.0226. The van der Waals surface area contributed by atoms with Crippen molar-refractivity contribution >= 4 is 5.69 Å². The summed E-state index contributed by atoms with van der Waals surface area (Å²) in [6, 6.07) is 19.2. The highest BCUT2D eigenvalue weighted by Crippen LogP contribution is 2.34. The van der Waals surface area contributed by atoms with E-state index in [-0.39, 0.29) is 5.54 Å². The third-order valence-corrected chi connectivity index (χ3v) is 6.87. The lowest BCUT2D eigenvalue weighted by atomic mass is 9.87. The molecule has 2 aromatic carbocycles. The Bertz CT molecular complexity index is 996. The molecule has 1 unspecified atom stereocenters.